The Morgan fingerprint density at radius 3 is 2.36 bits per heavy atom. The molecule has 0 atom stereocenters. The van der Waals surface area contributed by atoms with Gasteiger partial charge in [0, 0.05) is 23.8 Å². The molecule has 1 aromatic heterocycles. The lowest BCUT2D eigenvalue weighted by Gasteiger charge is -2.16. The Kier molecular flexibility index (Phi) is 6.20. The third-order valence-electron chi connectivity index (χ3n) is 5.31. The SMILES string of the molecule is CS(=O)(=O)c1c(-c2ccccc2)nc2ccccc2c1C(=O)NCCc1ccccc1C#N. The molecule has 6 nitrogen and oxygen atoms in total. The fourth-order valence-electron chi connectivity index (χ4n) is 3.82. The highest BCUT2D eigenvalue weighted by Crippen LogP contribution is 2.33. The van der Waals surface area contributed by atoms with Gasteiger partial charge >= 0.3 is 0 Å². The summed E-state index contributed by atoms with van der Waals surface area (Å²) < 4.78 is 25.8. The number of hydrogen-bond acceptors (Lipinski definition) is 5. The van der Waals surface area contributed by atoms with Crippen molar-refractivity contribution in [1.29, 1.82) is 5.26 Å². The molecule has 0 radical (unpaired) electrons. The number of aromatic nitrogens is 1. The maximum absolute atomic E-state index is 13.4. The monoisotopic (exact) mass is 455 g/mol. The van der Waals surface area contributed by atoms with Crippen LogP contribution in [0.2, 0.25) is 0 Å². The lowest BCUT2D eigenvalue weighted by Crippen LogP contribution is -2.28. The fourth-order valence-corrected chi connectivity index (χ4v) is 4.91. The van der Waals surface area contributed by atoms with Crippen LogP contribution >= 0.6 is 0 Å². The van der Waals surface area contributed by atoms with Crippen molar-refractivity contribution in [3.63, 3.8) is 0 Å². The largest absolute Gasteiger partial charge is 0.352 e. The van der Waals surface area contributed by atoms with E-state index in [0.29, 0.717) is 28.5 Å². The van der Waals surface area contributed by atoms with Crippen LogP contribution in [0.15, 0.2) is 83.8 Å². The van der Waals surface area contributed by atoms with Gasteiger partial charge in [0.2, 0.25) is 0 Å². The molecule has 4 rings (SSSR count). The zero-order chi connectivity index (χ0) is 23.4. The molecule has 0 spiro atoms. The first-order valence-corrected chi connectivity index (χ1v) is 12.2. The van der Waals surface area contributed by atoms with Gasteiger partial charge in [-0.15, -0.1) is 0 Å². The number of carbonyl (C=O) groups excluding carboxylic acids is 1. The van der Waals surface area contributed by atoms with E-state index < -0.39 is 15.7 Å². The van der Waals surface area contributed by atoms with E-state index in [0.717, 1.165) is 11.8 Å². The summed E-state index contributed by atoms with van der Waals surface area (Å²) in [7, 11) is -3.80. The van der Waals surface area contributed by atoms with E-state index in [4.69, 9.17) is 0 Å². The predicted molar refractivity (Wildman–Crippen MR) is 127 cm³/mol. The number of nitrogens with one attached hydrogen (secondary N) is 1. The Hall–Kier alpha value is -4.02. The summed E-state index contributed by atoms with van der Waals surface area (Å²) in [5.74, 6) is -0.499. The van der Waals surface area contributed by atoms with Crippen molar-refractivity contribution in [3.8, 4) is 17.3 Å². The minimum Gasteiger partial charge on any atom is -0.352 e. The Morgan fingerprint density at radius 2 is 1.64 bits per heavy atom. The van der Waals surface area contributed by atoms with Crippen LogP contribution in [0, 0.1) is 11.3 Å². The van der Waals surface area contributed by atoms with Crippen LogP contribution in [-0.2, 0) is 16.3 Å². The third kappa shape index (κ3) is 4.61. The Bertz CT molecular complexity index is 1490. The number of fused-ring (bicyclic) bond motifs is 1. The molecule has 0 aliphatic carbocycles. The van der Waals surface area contributed by atoms with Gasteiger partial charge in [0.15, 0.2) is 9.84 Å². The highest BCUT2D eigenvalue weighted by atomic mass is 32.2. The third-order valence-corrected chi connectivity index (χ3v) is 6.45. The summed E-state index contributed by atoms with van der Waals surface area (Å²) >= 11 is 0. The molecule has 1 amide bonds. The van der Waals surface area contributed by atoms with Gasteiger partial charge in [0.25, 0.3) is 5.91 Å². The summed E-state index contributed by atoms with van der Waals surface area (Å²) in [5.41, 5.74) is 2.83. The van der Waals surface area contributed by atoms with Crippen molar-refractivity contribution in [2.24, 2.45) is 0 Å². The number of nitrogens with zero attached hydrogens (tertiary/aromatic N) is 2. The number of nitriles is 1. The van der Waals surface area contributed by atoms with Gasteiger partial charge < -0.3 is 5.32 Å². The number of benzene rings is 3. The minimum atomic E-state index is -3.80. The summed E-state index contributed by atoms with van der Waals surface area (Å²) in [5, 5.41) is 12.6. The van der Waals surface area contributed by atoms with E-state index in [2.05, 4.69) is 16.4 Å². The Balaban J connectivity index is 1.80. The lowest BCUT2D eigenvalue weighted by molar-refractivity contribution is 0.0952. The zero-order valence-electron chi connectivity index (χ0n) is 17.9. The standard InChI is InChI=1S/C26H21N3O3S/c1-33(31,32)25-23(26(30)28-16-15-18-9-5-6-12-20(18)17-27)21-13-7-8-14-22(21)29-24(25)19-10-3-2-4-11-19/h2-14H,15-16H2,1H3,(H,28,30). The van der Waals surface area contributed by atoms with E-state index in [1.54, 1.807) is 60.7 Å². The number of pyridine rings is 1. The van der Waals surface area contributed by atoms with Crippen molar-refractivity contribution < 1.29 is 13.2 Å². The molecule has 0 unspecified atom stereocenters. The van der Waals surface area contributed by atoms with Gasteiger partial charge in [-0.3, -0.25) is 4.79 Å². The van der Waals surface area contributed by atoms with Crippen LogP contribution < -0.4 is 5.32 Å². The molecule has 0 fully saturated rings. The van der Waals surface area contributed by atoms with Gasteiger partial charge in [0.1, 0.15) is 4.90 Å². The molecule has 0 saturated carbocycles. The quantitative estimate of drug-likeness (QED) is 0.471. The van der Waals surface area contributed by atoms with Gasteiger partial charge in [-0.25, -0.2) is 13.4 Å². The van der Waals surface area contributed by atoms with Crippen molar-refractivity contribution in [3.05, 3.63) is 95.6 Å². The van der Waals surface area contributed by atoms with Crippen LogP contribution in [0.3, 0.4) is 0 Å². The first-order valence-electron chi connectivity index (χ1n) is 10.3. The van der Waals surface area contributed by atoms with Crippen LogP contribution in [0.1, 0.15) is 21.5 Å². The second-order valence-electron chi connectivity index (χ2n) is 7.59. The molecule has 1 heterocycles. The number of rotatable bonds is 6. The highest BCUT2D eigenvalue weighted by Gasteiger charge is 2.27. The average Bonchev–Trinajstić information content (AvgIpc) is 2.83. The number of amides is 1. The molecule has 0 aliphatic rings. The van der Waals surface area contributed by atoms with Gasteiger partial charge in [-0.1, -0.05) is 66.7 Å². The Morgan fingerprint density at radius 1 is 0.970 bits per heavy atom. The summed E-state index contributed by atoms with van der Waals surface area (Å²) in [4.78, 5) is 17.9. The second-order valence-corrected chi connectivity index (χ2v) is 9.55. The topological polar surface area (TPSA) is 99.9 Å². The van der Waals surface area contributed by atoms with Crippen molar-refractivity contribution in [2.75, 3.05) is 12.8 Å². The molecule has 3 aromatic carbocycles. The molecular weight excluding hydrogens is 434 g/mol. The van der Waals surface area contributed by atoms with E-state index in [1.165, 1.54) is 0 Å². The molecule has 1 N–H and O–H groups in total. The number of para-hydroxylation sites is 1. The van der Waals surface area contributed by atoms with Gasteiger partial charge in [-0.05, 0) is 24.1 Å². The molecule has 0 saturated heterocycles. The zero-order valence-corrected chi connectivity index (χ0v) is 18.8. The molecule has 164 valence electrons. The molecule has 7 heteroatoms. The van der Waals surface area contributed by atoms with Crippen LogP contribution in [0.4, 0.5) is 0 Å². The van der Waals surface area contributed by atoms with E-state index in [9.17, 15) is 18.5 Å². The lowest BCUT2D eigenvalue weighted by atomic mass is 10.0. The smallest absolute Gasteiger partial charge is 0.253 e. The number of hydrogen-bond donors (Lipinski definition) is 1. The Labute approximate surface area is 192 Å². The minimum absolute atomic E-state index is 0.0792. The molecular formula is C26H21N3O3S. The summed E-state index contributed by atoms with van der Waals surface area (Å²) in [6, 6.07) is 25.3. The number of sulfone groups is 1. The van der Waals surface area contributed by atoms with Gasteiger partial charge in [-0.2, -0.15) is 5.26 Å². The highest BCUT2D eigenvalue weighted by molar-refractivity contribution is 7.91. The normalized spacial score (nSPS) is 11.2. The first-order chi connectivity index (χ1) is 15.9. The number of carbonyl (C=O) groups is 1. The maximum atomic E-state index is 13.4. The second kappa shape index (κ2) is 9.23. The van der Waals surface area contributed by atoms with E-state index >= 15 is 0 Å². The summed E-state index contributed by atoms with van der Waals surface area (Å²) in [6.45, 7) is 0.248. The van der Waals surface area contributed by atoms with Crippen LogP contribution in [0.25, 0.3) is 22.2 Å². The molecule has 33 heavy (non-hydrogen) atoms. The predicted octanol–water partition coefficient (Wildman–Crippen LogP) is 4.15. The van der Waals surface area contributed by atoms with Crippen molar-refractivity contribution >= 4 is 26.6 Å². The first kappa shape index (κ1) is 22.2. The average molecular weight is 456 g/mol. The molecule has 0 aliphatic heterocycles. The van der Waals surface area contributed by atoms with Crippen molar-refractivity contribution in [2.45, 2.75) is 11.3 Å². The van der Waals surface area contributed by atoms with E-state index in [1.807, 2.05) is 18.2 Å². The van der Waals surface area contributed by atoms with Crippen LogP contribution in [-0.4, -0.2) is 32.1 Å². The fraction of sp³-hybridized carbons (Fsp3) is 0.115. The van der Waals surface area contributed by atoms with Crippen LogP contribution in [0.5, 0.6) is 0 Å². The van der Waals surface area contributed by atoms with E-state index in [-0.39, 0.29) is 22.7 Å². The summed E-state index contributed by atoms with van der Waals surface area (Å²) in [6.07, 6.45) is 1.53. The van der Waals surface area contributed by atoms with Crippen molar-refractivity contribution in [1.82, 2.24) is 10.3 Å². The molecule has 0 bridgehead atoms. The van der Waals surface area contributed by atoms with Gasteiger partial charge in [0.05, 0.1) is 28.4 Å². The maximum Gasteiger partial charge on any atom is 0.253 e. The molecule has 4 aromatic rings.